The lowest BCUT2D eigenvalue weighted by atomic mass is 9.60. The van der Waals surface area contributed by atoms with Gasteiger partial charge in [-0.3, -0.25) is 19.4 Å². The van der Waals surface area contributed by atoms with Gasteiger partial charge in [0.05, 0.1) is 5.92 Å². The Bertz CT molecular complexity index is 1350. The van der Waals surface area contributed by atoms with Crippen LogP contribution in [0.25, 0.3) is 0 Å². The molecule has 2 rings (SSSR count). The van der Waals surface area contributed by atoms with E-state index in [1.54, 1.807) is 19.2 Å². The summed E-state index contributed by atoms with van der Waals surface area (Å²) in [6, 6.07) is 0. The zero-order valence-corrected chi connectivity index (χ0v) is 26.1. The van der Waals surface area contributed by atoms with Crippen LogP contribution >= 0.6 is 0 Å². The molecule has 1 amide bonds. The van der Waals surface area contributed by atoms with Crippen molar-refractivity contribution in [2.75, 3.05) is 6.54 Å². The molecule has 3 N–H and O–H groups in total. The van der Waals surface area contributed by atoms with E-state index in [9.17, 15) is 29.7 Å². The van der Waals surface area contributed by atoms with E-state index in [4.69, 9.17) is 0 Å². The van der Waals surface area contributed by atoms with Gasteiger partial charge >= 0.3 is 5.97 Å². The summed E-state index contributed by atoms with van der Waals surface area (Å²) in [4.78, 5) is 43.0. The fourth-order valence-electron chi connectivity index (χ4n) is 5.55. The first-order chi connectivity index (χ1) is 20.3. The van der Waals surface area contributed by atoms with Crippen LogP contribution in [0.4, 0.5) is 0 Å². The van der Waals surface area contributed by atoms with Gasteiger partial charge in [-0.2, -0.15) is 0 Å². The van der Waals surface area contributed by atoms with Crippen molar-refractivity contribution in [3.8, 4) is 11.5 Å². The van der Waals surface area contributed by atoms with Crippen molar-refractivity contribution in [1.29, 1.82) is 0 Å². The second-order valence-electron chi connectivity index (χ2n) is 11.4. The predicted octanol–water partition coefficient (Wildman–Crippen LogP) is 6.64. The van der Waals surface area contributed by atoms with Gasteiger partial charge < -0.3 is 15.3 Å². The quantitative estimate of drug-likeness (QED) is 0.0961. The maximum absolute atomic E-state index is 12.6. The van der Waals surface area contributed by atoms with Crippen LogP contribution in [-0.4, -0.2) is 52.0 Å². The summed E-state index contributed by atoms with van der Waals surface area (Å²) in [6.07, 6.45) is 15.4. The molecule has 0 aromatic heterocycles. The maximum atomic E-state index is 12.6. The molecule has 1 aliphatic carbocycles. The number of aromatic hydroxyl groups is 2. The van der Waals surface area contributed by atoms with E-state index in [2.05, 4.69) is 30.1 Å². The molecule has 43 heavy (non-hydrogen) atoms. The predicted molar refractivity (Wildman–Crippen MR) is 172 cm³/mol. The number of carbonyl (C=O) groups excluding carboxylic acids is 2. The molecule has 1 aliphatic rings. The zero-order chi connectivity index (χ0) is 32.3. The van der Waals surface area contributed by atoms with Gasteiger partial charge in [0, 0.05) is 54.8 Å². The Labute approximate surface area is 255 Å². The third-order valence-corrected chi connectivity index (χ3v) is 8.59. The number of rotatable bonds is 14. The van der Waals surface area contributed by atoms with Crippen molar-refractivity contribution >= 4 is 30.1 Å². The van der Waals surface area contributed by atoms with Gasteiger partial charge in [-0.05, 0) is 63.5 Å². The van der Waals surface area contributed by atoms with Crippen LogP contribution in [0, 0.1) is 37.0 Å². The Balaban J connectivity index is 2.18. The lowest BCUT2D eigenvalue weighted by molar-refractivity contribution is -0.139. The number of ketones is 1. The number of carboxylic acids is 1. The Morgan fingerprint density at radius 1 is 1.12 bits per heavy atom. The molecule has 1 fully saturated rings. The molecule has 0 aliphatic heterocycles. The molecule has 8 nitrogen and oxygen atoms in total. The Morgan fingerprint density at radius 2 is 1.81 bits per heavy atom. The van der Waals surface area contributed by atoms with Gasteiger partial charge in [0.2, 0.25) is 5.91 Å². The zero-order valence-electron chi connectivity index (χ0n) is 26.1. The number of unbranched alkanes of at least 4 members (excludes halogenated alkanes) is 1. The largest absolute Gasteiger partial charge is 0.507 e. The summed E-state index contributed by atoms with van der Waals surface area (Å²) < 4.78 is 0. The number of hydrogen-bond donors (Lipinski definition) is 3. The van der Waals surface area contributed by atoms with E-state index in [1.165, 1.54) is 13.1 Å². The number of amides is 1. The summed E-state index contributed by atoms with van der Waals surface area (Å²) >= 11 is 0. The van der Waals surface area contributed by atoms with E-state index in [0.29, 0.717) is 54.5 Å². The molecule has 0 heterocycles. The highest BCUT2D eigenvalue weighted by Gasteiger charge is 2.44. The SMILES string of the molecule is C=C[C@H]1C(=O)CC[C@@H](C)[C@]1(C=C)/C=C/C(C)=C/Cc1c(O)c(C)c(C)c(C=NCCCCC(C=NC(C)=O)C(=O)O)c1O. The van der Waals surface area contributed by atoms with Crippen LogP contribution in [0.1, 0.15) is 75.1 Å². The minimum atomic E-state index is -1.03. The Kier molecular flexibility index (Phi) is 13.0. The molecule has 0 saturated heterocycles. The first-order valence-corrected chi connectivity index (χ1v) is 14.8. The third kappa shape index (κ3) is 8.72. The number of aliphatic carboxylic acids is 1. The average molecular weight is 591 g/mol. The molecular weight excluding hydrogens is 544 g/mol. The highest BCUT2D eigenvalue weighted by Crippen LogP contribution is 2.47. The van der Waals surface area contributed by atoms with Gasteiger partial charge in [-0.25, -0.2) is 4.99 Å². The first kappa shape index (κ1) is 35.1. The third-order valence-electron chi connectivity index (χ3n) is 8.59. The van der Waals surface area contributed by atoms with Crippen molar-refractivity contribution in [1.82, 2.24) is 0 Å². The summed E-state index contributed by atoms with van der Waals surface area (Å²) in [5.41, 5.74) is 2.69. The van der Waals surface area contributed by atoms with Gasteiger partial charge in [0.25, 0.3) is 0 Å². The van der Waals surface area contributed by atoms with Gasteiger partial charge in [-0.15, -0.1) is 13.2 Å². The minimum Gasteiger partial charge on any atom is -0.507 e. The van der Waals surface area contributed by atoms with Gasteiger partial charge in [-0.1, -0.05) is 49.3 Å². The summed E-state index contributed by atoms with van der Waals surface area (Å²) in [5.74, 6) is -2.23. The molecule has 0 bridgehead atoms. The van der Waals surface area contributed by atoms with Crippen LogP contribution in [0.5, 0.6) is 11.5 Å². The first-order valence-electron chi connectivity index (χ1n) is 14.8. The topological polar surface area (TPSA) is 137 Å². The van der Waals surface area contributed by atoms with Gasteiger partial charge in [0.1, 0.15) is 17.3 Å². The number of nitrogens with zero attached hydrogens (tertiary/aromatic N) is 2. The van der Waals surface area contributed by atoms with Crippen LogP contribution in [0.3, 0.4) is 0 Å². The number of carbonyl (C=O) groups is 3. The minimum absolute atomic E-state index is 0.0351. The molecule has 0 spiro atoms. The number of hydrogen-bond acceptors (Lipinski definition) is 6. The highest BCUT2D eigenvalue weighted by atomic mass is 16.4. The number of allylic oxidation sites excluding steroid dienone is 6. The van der Waals surface area contributed by atoms with Gasteiger partial charge in [0.15, 0.2) is 0 Å². The monoisotopic (exact) mass is 590 g/mol. The standard InChI is InChI=1S/C35H46N2O6/c1-8-30-31(39)16-14-23(4)35(30,9-2)18-17-22(3)13-15-28-32(40)25(6)24(5)29(33(28)41)21-36-19-11-10-12-27(34(42)43)20-37-26(7)38/h8-9,13,17-18,20-21,23,27,30,40-41H,1-2,10-12,14-16,19H2,3-7H3,(H,42,43)/b18-17+,22-13+,36-21?,37-20?/t23-,27?,30+,35+/m1/s1. The molecule has 8 heteroatoms. The normalized spacial score (nSPS) is 22.0. The summed E-state index contributed by atoms with van der Waals surface area (Å²) in [7, 11) is 0. The van der Waals surface area contributed by atoms with Crippen molar-refractivity contribution in [3.63, 3.8) is 0 Å². The fraction of sp³-hybridized carbons (Fsp3) is 0.457. The van der Waals surface area contributed by atoms with Crippen LogP contribution in [0.15, 0.2) is 59.1 Å². The second-order valence-corrected chi connectivity index (χ2v) is 11.4. The molecule has 0 radical (unpaired) electrons. The lowest BCUT2D eigenvalue weighted by Crippen LogP contribution is -2.41. The second kappa shape index (κ2) is 16.0. The van der Waals surface area contributed by atoms with E-state index in [1.807, 2.05) is 38.2 Å². The van der Waals surface area contributed by atoms with Crippen LogP contribution < -0.4 is 0 Å². The van der Waals surface area contributed by atoms with Crippen molar-refractivity contribution in [3.05, 3.63) is 71.4 Å². The van der Waals surface area contributed by atoms with Crippen molar-refractivity contribution in [2.24, 2.45) is 33.2 Å². The molecule has 1 aromatic rings. The highest BCUT2D eigenvalue weighted by molar-refractivity contribution is 5.93. The number of aliphatic imine (C=N–C) groups is 2. The van der Waals surface area contributed by atoms with E-state index < -0.39 is 23.2 Å². The molecule has 1 saturated carbocycles. The molecule has 1 aromatic carbocycles. The van der Waals surface area contributed by atoms with Crippen LogP contribution in [-0.2, 0) is 20.8 Å². The number of benzene rings is 1. The van der Waals surface area contributed by atoms with E-state index in [0.717, 1.165) is 12.0 Å². The van der Waals surface area contributed by atoms with E-state index in [-0.39, 0.29) is 35.5 Å². The average Bonchev–Trinajstić information content (AvgIpc) is 2.96. The van der Waals surface area contributed by atoms with Crippen LogP contribution in [0.2, 0.25) is 0 Å². The number of Topliss-reactive ketones (excluding diaryl/α,β-unsaturated/α-hetero) is 1. The molecule has 4 atom stereocenters. The Hall–Kier alpha value is -4.07. The fourth-order valence-corrected chi connectivity index (χ4v) is 5.55. The summed E-state index contributed by atoms with van der Waals surface area (Å²) in [6.45, 7) is 17.3. The summed E-state index contributed by atoms with van der Waals surface area (Å²) in [5, 5.41) is 31.3. The molecule has 1 unspecified atom stereocenters. The number of phenolic OH excluding ortho intramolecular Hbond substituents is 2. The number of phenols is 2. The Morgan fingerprint density at radius 3 is 2.42 bits per heavy atom. The number of carboxylic acid groups (broad SMARTS) is 1. The molecular formula is C35H46N2O6. The van der Waals surface area contributed by atoms with E-state index >= 15 is 0 Å². The van der Waals surface area contributed by atoms with Crippen molar-refractivity contribution in [2.45, 2.75) is 73.1 Å². The smallest absolute Gasteiger partial charge is 0.311 e. The van der Waals surface area contributed by atoms with Crippen molar-refractivity contribution < 1.29 is 29.7 Å². The maximum Gasteiger partial charge on any atom is 0.311 e. The molecule has 232 valence electrons. The lowest BCUT2D eigenvalue weighted by Gasteiger charge is -2.42.